The van der Waals surface area contributed by atoms with Gasteiger partial charge in [0, 0.05) is 30.1 Å². The Hall–Kier alpha value is -2.66. The van der Waals surface area contributed by atoms with Crippen LogP contribution in [0, 0.1) is 0 Å². The van der Waals surface area contributed by atoms with Crippen molar-refractivity contribution in [1.82, 2.24) is 15.5 Å². The zero-order valence-electron chi connectivity index (χ0n) is 13.9. The molecule has 0 saturated carbocycles. The molecule has 5 rings (SSSR count). The molecule has 5 heteroatoms. The van der Waals surface area contributed by atoms with Gasteiger partial charge in [0.25, 0.3) is 5.89 Å². The van der Waals surface area contributed by atoms with Gasteiger partial charge in [-0.05, 0) is 36.1 Å². The van der Waals surface area contributed by atoms with Crippen molar-refractivity contribution in [1.29, 1.82) is 0 Å². The Labute approximate surface area is 146 Å². The predicted octanol–water partition coefficient (Wildman–Crippen LogP) is 3.30. The van der Waals surface area contributed by atoms with Gasteiger partial charge in [-0.15, -0.1) is 0 Å². The number of aryl methyl sites for hydroxylation is 1. The van der Waals surface area contributed by atoms with Crippen LogP contribution in [0.4, 0.5) is 0 Å². The highest BCUT2D eigenvalue weighted by Gasteiger charge is 2.28. The molecule has 25 heavy (non-hydrogen) atoms. The lowest BCUT2D eigenvalue weighted by Gasteiger charge is -2.07. The maximum Gasteiger partial charge on any atom is 0.258 e. The van der Waals surface area contributed by atoms with Gasteiger partial charge in [0.15, 0.2) is 5.82 Å². The molecule has 5 nitrogen and oxygen atoms in total. The van der Waals surface area contributed by atoms with E-state index in [1.165, 1.54) is 11.1 Å². The van der Waals surface area contributed by atoms with Crippen molar-refractivity contribution in [2.45, 2.75) is 25.3 Å². The van der Waals surface area contributed by atoms with Crippen molar-refractivity contribution < 1.29 is 9.26 Å². The number of fused-ring (bicyclic) bond motifs is 2. The summed E-state index contributed by atoms with van der Waals surface area (Å²) in [6.45, 7) is 2.35. The predicted molar refractivity (Wildman–Crippen MR) is 93.5 cm³/mol. The van der Waals surface area contributed by atoms with Gasteiger partial charge < -0.3 is 14.6 Å². The van der Waals surface area contributed by atoms with Crippen molar-refractivity contribution in [3.8, 4) is 17.2 Å². The summed E-state index contributed by atoms with van der Waals surface area (Å²) in [7, 11) is 0. The quantitative estimate of drug-likeness (QED) is 0.780. The minimum atomic E-state index is 0.231. The molecule has 3 aromatic rings. The first-order chi connectivity index (χ1) is 12.4. The lowest BCUT2D eigenvalue weighted by molar-refractivity contribution is 0.325. The largest absolute Gasteiger partial charge is 0.492 e. The second-order valence-electron chi connectivity index (χ2n) is 6.60. The number of hydrogen-bond donors (Lipinski definition) is 1. The second kappa shape index (κ2) is 6.01. The van der Waals surface area contributed by atoms with E-state index in [0.29, 0.717) is 12.5 Å². The molecule has 1 unspecified atom stereocenters. The van der Waals surface area contributed by atoms with E-state index in [0.717, 1.165) is 48.6 Å². The highest BCUT2D eigenvalue weighted by Crippen LogP contribution is 2.37. The molecule has 2 aliphatic rings. The summed E-state index contributed by atoms with van der Waals surface area (Å²) in [4.78, 5) is 4.68. The van der Waals surface area contributed by atoms with Gasteiger partial charge in [0.2, 0.25) is 0 Å². The molecule has 0 fully saturated rings. The third-order valence-electron chi connectivity index (χ3n) is 5.05. The normalized spacial score (nSPS) is 19.0. The minimum Gasteiger partial charge on any atom is -0.492 e. The van der Waals surface area contributed by atoms with E-state index < -0.39 is 0 Å². The Bertz CT molecular complexity index is 919. The lowest BCUT2D eigenvalue weighted by atomic mass is 10.0. The number of nitrogens with zero attached hydrogens (tertiary/aromatic N) is 2. The van der Waals surface area contributed by atoms with Gasteiger partial charge in [-0.1, -0.05) is 35.5 Å². The van der Waals surface area contributed by atoms with E-state index in [2.05, 4.69) is 45.8 Å². The number of hydrogen-bond acceptors (Lipinski definition) is 5. The summed E-state index contributed by atoms with van der Waals surface area (Å²) in [6.07, 6.45) is 2.11. The fraction of sp³-hybridized carbons (Fsp3) is 0.300. The SMILES string of the molecule is c1ccc2c(c1)CCC2c1noc(-c2ccc3c(c2)OCCNC3)n1. The molecule has 0 saturated heterocycles. The zero-order chi connectivity index (χ0) is 16.6. The number of benzene rings is 2. The fourth-order valence-electron chi connectivity index (χ4n) is 3.74. The summed E-state index contributed by atoms with van der Waals surface area (Å²) in [6, 6.07) is 14.6. The van der Waals surface area contributed by atoms with E-state index in [4.69, 9.17) is 9.26 Å². The van der Waals surface area contributed by atoms with E-state index in [9.17, 15) is 0 Å². The first-order valence-electron chi connectivity index (χ1n) is 8.77. The highest BCUT2D eigenvalue weighted by atomic mass is 16.5. The number of rotatable bonds is 2. The lowest BCUT2D eigenvalue weighted by Crippen LogP contribution is -2.16. The topological polar surface area (TPSA) is 60.2 Å². The van der Waals surface area contributed by atoms with Crippen LogP contribution in [0.25, 0.3) is 11.5 Å². The smallest absolute Gasteiger partial charge is 0.258 e. The Kier molecular flexibility index (Phi) is 3.52. The van der Waals surface area contributed by atoms with Gasteiger partial charge >= 0.3 is 0 Å². The van der Waals surface area contributed by atoms with Crippen molar-refractivity contribution in [2.75, 3.05) is 13.2 Å². The Morgan fingerprint density at radius 2 is 2.04 bits per heavy atom. The van der Waals surface area contributed by atoms with E-state index in [1.807, 2.05) is 12.1 Å². The van der Waals surface area contributed by atoms with Crippen molar-refractivity contribution in [2.24, 2.45) is 0 Å². The van der Waals surface area contributed by atoms with Gasteiger partial charge in [-0.2, -0.15) is 4.98 Å². The maximum absolute atomic E-state index is 5.81. The summed E-state index contributed by atoms with van der Waals surface area (Å²) >= 11 is 0. The average molecular weight is 333 g/mol. The first-order valence-corrected chi connectivity index (χ1v) is 8.77. The molecule has 2 heterocycles. The monoisotopic (exact) mass is 333 g/mol. The van der Waals surface area contributed by atoms with Gasteiger partial charge in [-0.25, -0.2) is 0 Å². The minimum absolute atomic E-state index is 0.231. The summed E-state index contributed by atoms with van der Waals surface area (Å²) in [5.41, 5.74) is 4.78. The first kappa shape index (κ1) is 14.7. The highest BCUT2D eigenvalue weighted by molar-refractivity contribution is 5.58. The van der Waals surface area contributed by atoms with Crippen LogP contribution in [-0.2, 0) is 13.0 Å². The van der Waals surface area contributed by atoms with Crippen molar-refractivity contribution in [3.05, 3.63) is 65.0 Å². The number of ether oxygens (including phenoxy) is 1. The molecule has 1 aromatic heterocycles. The molecule has 0 amide bonds. The maximum atomic E-state index is 5.81. The third-order valence-corrected chi connectivity index (χ3v) is 5.05. The standard InChI is InChI=1S/C20H19N3O2/c1-2-4-16-13(3-1)7-8-17(16)19-22-20(25-23-19)14-5-6-15-12-21-9-10-24-18(15)11-14/h1-6,11,17,21H,7-10,12H2. The van der Waals surface area contributed by atoms with Gasteiger partial charge in [0.1, 0.15) is 12.4 Å². The van der Waals surface area contributed by atoms with Crippen LogP contribution in [-0.4, -0.2) is 23.3 Å². The average Bonchev–Trinajstić information content (AvgIpc) is 3.22. The Morgan fingerprint density at radius 1 is 1.08 bits per heavy atom. The molecular formula is C20H19N3O2. The van der Waals surface area contributed by atoms with Crippen LogP contribution < -0.4 is 10.1 Å². The molecule has 1 atom stereocenters. The van der Waals surface area contributed by atoms with Crippen LogP contribution in [0.15, 0.2) is 47.0 Å². The molecule has 2 aromatic carbocycles. The molecule has 0 spiro atoms. The number of aromatic nitrogens is 2. The summed E-state index contributed by atoms with van der Waals surface area (Å²) < 4.78 is 11.4. The summed E-state index contributed by atoms with van der Waals surface area (Å²) in [5, 5.41) is 7.60. The van der Waals surface area contributed by atoms with Crippen molar-refractivity contribution >= 4 is 0 Å². The fourth-order valence-corrected chi connectivity index (χ4v) is 3.74. The number of nitrogens with one attached hydrogen (secondary N) is 1. The van der Waals surface area contributed by atoms with Crippen molar-refractivity contribution in [3.63, 3.8) is 0 Å². The molecule has 1 N–H and O–H groups in total. The molecule has 0 bridgehead atoms. The molecular weight excluding hydrogens is 314 g/mol. The summed E-state index contributed by atoms with van der Waals surface area (Å²) in [5.74, 6) is 2.46. The van der Waals surface area contributed by atoms with E-state index in [-0.39, 0.29) is 5.92 Å². The van der Waals surface area contributed by atoms with Crippen LogP contribution >= 0.6 is 0 Å². The van der Waals surface area contributed by atoms with E-state index >= 15 is 0 Å². The van der Waals surface area contributed by atoms with Crippen LogP contribution in [0.5, 0.6) is 5.75 Å². The Morgan fingerprint density at radius 3 is 3.04 bits per heavy atom. The Balaban J connectivity index is 1.47. The van der Waals surface area contributed by atoms with Gasteiger partial charge in [-0.3, -0.25) is 0 Å². The molecule has 0 radical (unpaired) electrons. The third kappa shape index (κ3) is 2.61. The second-order valence-corrected chi connectivity index (χ2v) is 6.60. The molecule has 126 valence electrons. The van der Waals surface area contributed by atoms with Crippen LogP contribution in [0.1, 0.15) is 34.9 Å². The van der Waals surface area contributed by atoms with Crippen LogP contribution in [0.2, 0.25) is 0 Å². The van der Waals surface area contributed by atoms with E-state index in [1.54, 1.807) is 0 Å². The molecule has 1 aliphatic heterocycles. The zero-order valence-corrected chi connectivity index (χ0v) is 13.9. The molecule has 1 aliphatic carbocycles. The van der Waals surface area contributed by atoms with Crippen LogP contribution in [0.3, 0.4) is 0 Å². The van der Waals surface area contributed by atoms with Gasteiger partial charge in [0.05, 0.1) is 0 Å².